The van der Waals surface area contributed by atoms with Crippen molar-refractivity contribution in [1.29, 1.82) is 0 Å². The van der Waals surface area contributed by atoms with E-state index in [1.807, 2.05) is 6.20 Å². The highest BCUT2D eigenvalue weighted by Gasteiger charge is 2.14. The van der Waals surface area contributed by atoms with Crippen LogP contribution < -0.4 is 5.32 Å². The molecule has 3 heterocycles. The van der Waals surface area contributed by atoms with E-state index in [1.165, 1.54) is 11.1 Å². The maximum atomic E-state index is 12.2. The molecule has 0 saturated heterocycles. The maximum Gasteiger partial charge on any atom is 0.231 e. The van der Waals surface area contributed by atoms with Crippen LogP contribution in [-0.4, -0.2) is 31.9 Å². The van der Waals surface area contributed by atoms with Crippen LogP contribution in [0.25, 0.3) is 0 Å². The second kappa shape index (κ2) is 6.07. The third-order valence-electron chi connectivity index (χ3n) is 3.52. The standard InChI is InChI=1S/C14H18FN5O/c15-5-8-20-7-4-12(18-20)17-14(21)9-11-10-19-6-2-1-3-13(19)16-11/h4,7,10H,1-3,5-6,8-9H2,(H,17,18,21). The highest BCUT2D eigenvalue weighted by molar-refractivity contribution is 5.91. The Morgan fingerprint density at radius 1 is 1.43 bits per heavy atom. The summed E-state index contributed by atoms with van der Waals surface area (Å²) in [6, 6.07) is 1.66. The third kappa shape index (κ3) is 3.29. The molecule has 1 N–H and O–H groups in total. The number of aromatic nitrogens is 4. The quantitative estimate of drug-likeness (QED) is 0.909. The van der Waals surface area contributed by atoms with E-state index in [9.17, 15) is 9.18 Å². The van der Waals surface area contributed by atoms with E-state index in [-0.39, 0.29) is 18.9 Å². The summed E-state index contributed by atoms with van der Waals surface area (Å²) >= 11 is 0. The second-order valence-electron chi connectivity index (χ2n) is 5.18. The van der Waals surface area contributed by atoms with Crippen LogP contribution in [0.15, 0.2) is 18.5 Å². The van der Waals surface area contributed by atoms with Gasteiger partial charge in [-0.2, -0.15) is 5.10 Å². The lowest BCUT2D eigenvalue weighted by Crippen LogP contribution is -2.15. The smallest absolute Gasteiger partial charge is 0.231 e. The van der Waals surface area contributed by atoms with Crippen molar-refractivity contribution in [2.24, 2.45) is 0 Å². The zero-order chi connectivity index (χ0) is 14.7. The minimum absolute atomic E-state index is 0.157. The van der Waals surface area contributed by atoms with Crippen molar-refractivity contribution in [2.75, 3.05) is 12.0 Å². The number of fused-ring (bicyclic) bond motifs is 1. The summed E-state index contributed by atoms with van der Waals surface area (Å²) in [6.45, 7) is 0.705. The molecule has 0 bridgehead atoms. The van der Waals surface area contributed by atoms with Gasteiger partial charge in [-0.05, 0) is 12.8 Å². The molecule has 0 unspecified atom stereocenters. The van der Waals surface area contributed by atoms with Crippen LogP contribution in [0.2, 0.25) is 0 Å². The highest BCUT2D eigenvalue weighted by Crippen LogP contribution is 2.15. The zero-order valence-electron chi connectivity index (χ0n) is 11.8. The van der Waals surface area contributed by atoms with Crippen molar-refractivity contribution < 1.29 is 9.18 Å². The summed E-state index contributed by atoms with van der Waals surface area (Å²) in [6.07, 6.45) is 7.14. The molecular formula is C14H18FN5O. The molecule has 0 aliphatic carbocycles. The molecule has 112 valence electrons. The summed E-state index contributed by atoms with van der Waals surface area (Å²) in [5.74, 6) is 1.35. The van der Waals surface area contributed by atoms with E-state index in [4.69, 9.17) is 0 Å². The Hall–Kier alpha value is -2.18. The molecule has 0 radical (unpaired) electrons. The average molecular weight is 291 g/mol. The summed E-state index contributed by atoms with van der Waals surface area (Å²) < 4.78 is 15.8. The molecule has 0 atom stereocenters. The number of aryl methyl sites for hydroxylation is 3. The van der Waals surface area contributed by atoms with Crippen molar-refractivity contribution in [3.05, 3.63) is 30.0 Å². The van der Waals surface area contributed by atoms with E-state index in [0.29, 0.717) is 5.82 Å². The summed E-state index contributed by atoms with van der Waals surface area (Å²) in [7, 11) is 0. The summed E-state index contributed by atoms with van der Waals surface area (Å²) in [5.41, 5.74) is 0.785. The van der Waals surface area contributed by atoms with Crippen LogP contribution in [0.3, 0.4) is 0 Å². The second-order valence-corrected chi connectivity index (χ2v) is 5.18. The Balaban J connectivity index is 1.59. The van der Waals surface area contributed by atoms with Gasteiger partial charge in [0.1, 0.15) is 12.5 Å². The number of hydrogen-bond acceptors (Lipinski definition) is 3. The van der Waals surface area contributed by atoms with Gasteiger partial charge in [-0.1, -0.05) is 0 Å². The van der Waals surface area contributed by atoms with Crippen LogP contribution in [0, 0.1) is 0 Å². The molecule has 2 aromatic heterocycles. The topological polar surface area (TPSA) is 64.7 Å². The number of alkyl halides is 1. The number of anilines is 1. The van der Waals surface area contributed by atoms with Crippen molar-refractivity contribution >= 4 is 11.7 Å². The minimum Gasteiger partial charge on any atom is -0.335 e. The van der Waals surface area contributed by atoms with E-state index < -0.39 is 6.67 Å². The van der Waals surface area contributed by atoms with Gasteiger partial charge in [0.25, 0.3) is 0 Å². The number of amides is 1. The molecule has 0 aromatic carbocycles. The summed E-state index contributed by atoms with van der Waals surface area (Å²) in [4.78, 5) is 16.5. The number of halogens is 1. The molecule has 1 amide bonds. The monoisotopic (exact) mass is 291 g/mol. The zero-order valence-corrected chi connectivity index (χ0v) is 11.8. The highest BCUT2D eigenvalue weighted by atomic mass is 19.1. The Morgan fingerprint density at radius 3 is 3.14 bits per heavy atom. The van der Waals surface area contributed by atoms with E-state index >= 15 is 0 Å². The number of hydrogen-bond donors (Lipinski definition) is 1. The fourth-order valence-electron chi connectivity index (χ4n) is 2.55. The van der Waals surface area contributed by atoms with Gasteiger partial charge in [-0.25, -0.2) is 9.37 Å². The first-order chi connectivity index (χ1) is 10.2. The van der Waals surface area contributed by atoms with Crippen molar-refractivity contribution in [2.45, 2.75) is 38.8 Å². The van der Waals surface area contributed by atoms with Crippen LogP contribution in [0.5, 0.6) is 0 Å². The van der Waals surface area contributed by atoms with Crippen LogP contribution in [0.4, 0.5) is 10.2 Å². The van der Waals surface area contributed by atoms with Crippen LogP contribution >= 0.6 is 0 Å². The van der Waals surface area contributed by atoms with Crippen molar-refractivity contribution in [3.8, 4) is 0 Å². The Kier molecular flexibility index (Phi) is 3.98. The van der Waals surface area contributed by atoms with E-state index in [2.05, 4.69) is 20.0 Å². The van der Waals surface area contributed by atoms with Crippen LogP contribution in [-0.2, 0) is 30.7 Å². The number of carbonyl (C=O) groups excluding carboxylic acids is 1. The van der Waals surface area contributed by atoms with Gasteiger partial charge in [0.15, 0.2) is 5.82 Å². The Labute approximate surface area is 122 Å². The predicted molar refractivity (Wildman–Crippen MR) is 75.7 cm³/mol. The first kappa shape index (κ1) is 13.8. The molecule has 0 spiro atoms. The molecule has 3 rings (SSSR count). The summed E-state index contributed by atoms with van der Waals surface area (Å²) in [5, 5.41) is 6.77. The van der Waals surface area contributed by atoms with Gasteiger partial charge in [0.2, 0.25) is 5.91 Å². The molecular weight excluding hydrogens is 273 g/mol. The molecule has 1 aliphatic rings. The SMILES string of the molecule is O=C(Cc1cn2c(n1)CCCC2)Nc1ccn(CCF)n1. The molecule has 0 saturated carbocycles. The fourth-order valence-corrected chi connectivity index (χ4v) is 2.55. The van der Waals surface area contributed by atoms with Gasteiger partial charge in [0.05, 0.1) is 18.7 Å². The van der Waals surface area contributed by atoms with Gasteiger partial charge in [-0.15, -0.1) is 0 Å². The lowest BCUT2D eigenvalue weighted by Gasteiger charge is -2.11. The van der Waals surface area contributed by atoms with Gasteiger partial charge in [0, 0.05) is 31.4 Å². The first-order valence-corrected chi connectivity index (χ1v) is 7.19. The normalized spacial score (nSPS) is 14.0. The fraction of sp³-hybridized carbons (Fsp3) is 0.500. The van der Waals surface area contributed by atoms with Crippen molar-refractivity contribution in [3.63, 3.8) is 0 Å². The number of nitrogens with one attached hydrogen (secondary N) is 1. The van der Waals surface area contributed by atoms with Crippen molar-refractivity contribution in [1.82, 2.24) is 19.3 Å². The molecule has 2 aromatic rings. The minimum atomic E-state index is -0.477. The first-order valence-electron chi connectivity index (χ1n) is 7.19. The molecule has 0 fully saturated rings. The lowest BCUT2D eigenvalue weighted by atomic mass is 10.2. The largest absolute Gasteiger partial charge is 0.335 e. The van der Waals surface area contributed by atoms with Gasteiger partial charge >= 0.3 is 0 Å². The Bertz CT molecular complexity index is 610. The number of imidazole rings is 1. The van der Waals surface area contributed by atoms with E-state index in [0.717, 1.165) is 30.9 Å². The molecule has 1 aliphatic heterocycles. The average Bonchev–Trinajstić information content (AvgIpc) is 3.05. The number of nitrogens with zero attached hydrogens (tertiary/aromatic N) is 4. The molecule has 21 heavy (non-hydrogen) atoms. The van der Waals surface area contributed by atoms with Gasteiger partial charge in [-0.3, -0.25) is 9.48 Å². The van der Waals surface area contributed by atoms with E-state index in [1.54, 1.807) is 12.3 Å². The lowest BCUT2D eigenvalue weighted by molar-refractivity contribution is -0.115. The predicted octanol–water partition coefficient (Wildman–Crippen LogP) is 1.57. The number of carbonyl (C=O) groups is 1. The molecule has 6 nitrogen and oxygen atoms in total. The van der Waals surface area contributed by atoms with Crippen LogP contribution in [0.1, 0.15) is 24.4 Å². The number of rotatable bonds is 5. The van der Waals surface area contributed by atoms with Gasteiger partial charge < -0.3 is 9.88 Å². The maximum absolute atomic E-state index is 12.2. The molecule has 7 heteroatoms. The third-order valence-corrected chi connectivity index (χ3v) is 3.52. The Morgan fingerprint density at radius 2 is 2.33 bits per heavy atom.